The van der Waals surface area contributed by atoms with Gasteiger partial charge < -0.3 is 10.5 Å². The van der Waals surface area contributed by atoms with Crippen LogP contribution in [-0.2, 0) is 6.42 Å². The van der Waals surface area contributed by atoms with Gasteiger partial charge in [0.05, 0.1) is 6.61 Å². The van der Waals surface area contributed by atoms with Crippen molar-refractivity contribution < 1.29 is 4.74 Å². The molecule has 1 atom stereocenters. The minimum Gasteiger partial charge on any atom is -0.478 e. The fourth-order valence-corrected chi connectivity index (χ4v) is 1.25. The van der Waals surface area contributed by atoms with Gasteiger partial charge in [0.15, 0.2) is 0 Å². The van der Waals surface area contributed by atoms with Gasteiger partial charge in [0.2, 0.25) is 5.88 Å². The number of hydrogen-bond acceptors (Lipinski definition) is 4. The van der Waals surface area contributed by atoms with Gasteiger partial charge in [-0.25, -0.2) is 9.97 Å². The zero-order valence-corrected chi connectivity index (χ0v) is 10.5. The second-order valence-corrected chi connectivity index (χ2v) is 4.96. The average molecular weight is 223 g/mol. The molecule has 1 rings (SSSR count). The van der Waals surface area contributed by atoms with Crippen LogP contribution in [0.15, 0.2) is 12.4 Å². The summed E-state index contributed by atoms with van der Waals surface area (Å²) in [7, 11) is 0. The van der Waals surface area contributed by atoms with Crippen molar-refractivity contribution in [2.45, 2.75) is 40.2 Å². The monoisotopic (exact) mass is 223 g/mol. The number of nitrogens with zero attached hydrogens (tertiary/aromatic N) is 2. The normalized spacial score (nSPS) is 13.6. The van der Waals surface area contributed by atoms with Crippen molar-refractivity contribution in [1.29, 1.82) is 0 Å². The van der Waals surface area contributed by atoms with Crippen molar-refractivity contribution in [3.63, 3.8) is 0 Å². The number of rotatable bonds is 4. The van der Waals surface area contributed by atoms with Crippen LogP contribution in [0.4, 0.5) is 0 Å². The summed E-state index contributed by atoms with van der Waals surface area (Å²) in [5.74, 6) is 0.619. The number of aromatic nitrogens is 2. The van der Waals surface area contributed by atoms with E-state index in [-0.39, 0.29) is 11.5 Å². The molecule has 0 aromatic carbocycles. The van der Waals surface area contributed by atoms with Gasteiger partial charge in [0.25, 0.3) is 0 Å². The Bertz CT molecular complexity index is 333. The van der Waals surface area contributed by atoms with Crippen LogP contribution in [0.1, 0.15) is 33.4 Å². The van der Waals surface area contributed by atoms with E-state index < -0.39 is 0 Å². The first-order chi connectivity index (χ1) is 7.43. The SMILES string of the molecule is CCOc1cc(CC(N)C(C)(C)C)ncn1. The Morgan fingerprint density at radius 2 is 2.06 bits per heavy atom. The molecular formula is C12H21N3O. The molecule has 0 bridgehead atoms. The van der Waals surface area contributed by atoms with Crippen LogP contribution >= 0.6 is 0 Å². The Labute approximate surface area is 97.2 Å². The number of hydrogen-bond donors (Lipinski definition) is 1. The Balaban J connectivity index is 2.70. The van der Waals surface area contributed by atoms with Crippen LogP contribution in [-0.4, -0.2) is 22.6 Å². The van der Waals surface area contributed by atoms with Crippen LogP contribution in [0.3, 0.4) is 0 Å². The number of ether oxygens (including phenoxy) is 1. The van der Waals surface area contributed by atoms with E-state index in [2.05, 4.69) is 30.7 Å². The highest BCUT2D eigenvalue weighted by molar-refractivity contribution is 5.14. The van der Waals surface area contributed by atoms with E-state index in [1.54, 1.807) is 0 Å². The molecule has 1 aromatic rings. The summed E-state index contributed by atoms with van der Waals surface area (Å²) in [5.41, 5.74) is 7.12. The minimum absolute atomic E-state index is 0.0801. The predicted octanol–water partition coefficient (Wildman–Crippen LogP) is 1.79. The second-order valence-electron chi connectivity index (χ2n) is 4.96. The van der Waals surface area contributed by atoms with E-state index in [0.29, 0.717) is 12.5 Å². The van der Waals surface area contributed by atoms with E-state index >= 15 is 0 Å². The summed E-state index contributed by atoms with van der Waals surface area (Å²) in [4.78, 5) is 8.23. The maximum Gasteiger partial charge on any atom is 0.216 e. The lowest BCUT2D eigenvalue weighted by molar-refractivity contribution is 0.312. The van der Waals surface area contributed by atoms with E-state index in [9.17, 15) is 0 Å². The summed E-state index contributed by atoms with van der Waals surface area (Å²) in [6.07, 6.45) is 2.27. The molecule has 2 N–H and O–H groups in total. The third-order valence-corrected chi connectivity index (χ3v) is 2.53. The molecule has 0 saturated heterocycles. The van der Waals surface area contributed by atoms with Gasteiger partial charge >= 0.3 is 0 Å². The van der Waals surface area contributed by atoms with Gasteiger partial charge in [0, 0.05) is 24.2 Å². The van der Waals surface area contributed by atoms with Crippen LogP contribution in [0.2, 0.25) is 0 Å². The van der Waals surface area contributed by atoms with Crippen LogP contribution in [0.25, 0.3) is 0 Å². The molecule has 16 heavy (non-hydrogen) atoms. The zero-order chi connectivity index (χ0) is 12.2. The van der Waals surface area contributed by atoms with Crippen molar-refractivity contribution >= 4 is 0 Å². The average Bonchev–Trinajstić information content (AvgIpc) is 2.17. The van der Waals surface area contributed by atoms with E-state index in [1.165, 1.54) is 6.33 Å². The van der Waals surface area contributed by atoms with Crippen LogP contribution in [0.5, 0.6) is 5.88 Å². The fourth-order valence-electron chi connectivity index (χ4n) is 1.25. The summed E-state index contributed by atoms with van der Waals surface area (Å²) < 4.78 is 5.32. The molecule has 0 amide bonds. The number of nitrogens with two attached hydrogens (primary N) is 1. The van der Waals surface area contributed by atoms with Gasteiger partial charge in [-0.1, -0.05) is 20.8 Å². The molecule has 0 saturated carbocycles. The van der Waals surface area contributed by atoms with Crippen molar-refractivity contribution in [1.82, 2.24) is 9.97 Å². The largest absolute Gasteiger partial charge is 0.478 e. The predicted molar refractivity (Wildman–Crippen MR) is 64.3 cm³/mol. The smallest absolute Gasteiger partial charge is 0.216 e. The van der Waals surface area contributed by atoms with Gasteiger partial charge in [0.1, 0.15) is 6.33 Å². The first-order valence-electron chi connectivity index (χ1n) is 5.62. The molecule has 1 unspecified atom stereocenters. The second kappa shape index (κ2) is 5.25. The molecule has 4 nitrogen and oxygen atoms in total. The maximum absolute atomic E-state index is 6.11. The molecule has 0 aliphatic heterocycles. The molecule has 4 heteroatoms. The molecule has 0 radical (unpaired) electrons. The summed E-state index contributed by atoms with van der Waals surface area (Å²) in [6.45, 7) is 8.93. The van der Waals surface area contributed by atoms with E-state index in [4.69, 9.17) is 10.5 Å². The highest BCUT2D eigenvalue weighted by Crippen LogP contribution is 2.20. The molecule has 1 aromatic heterocycles. The van der Waals surface area contributed by atoms with Crippen LogP contribution < -0.4 is 10.5 Å². The molecule has 1 heterocycles. The molecule has 0 spiro atoms. The lowest BCUT2D eigenvalue weighted by atomic mass is 9.85. The van der Waals surface area contributed by atoms with Gasteiger partial charge in [-0.3, -0.25) is 0 Å². The van der Waals surface area contributed by atoms with E-state index in [0.717, 1.165) is 12.1 Å². The fraction of sp³-hybridized carbons (Fsp3) is 0.667. The highest BCUT2D eigenvalue weighted by atomic mass is 16.5. The summed E-state index contributed by atoms with van der Waals surface area (Å²) >= 11 is 0. The van der Waals surface area contributed by atoms with Crippen molar-refractivity contribution in [3.05, 3.63) is 18.1 Å². The van der Waals surface area contributed by atoms with Crippen LogP contribution in [0, 0.1) is 5.41 Å². The Morgan fingerprint density at radius 1 is 1.38 bits per heavy atom. The standard InChI is InChI=1S/C12H21N3O/c1-5-16-11-7-9(14-8-15-11)6-10(13)12(2,3)4/h7-8,10H,5-6,13H2,1-4H3. The molecule has 90 valence electrons. The van der Waals surface area contributed by atoms with Gasteiger partial charge in [-0.2, -0.15) is 0 Å². The van der Waals surface area contributed by atoms with Crippen molar-refractivity contribution in [2.24, 2.45) is 11.1 Å². The maximum atomic E-state index is 6.11. The lowest BCUT2D eigenvalue weighted by Gasteiger charge is -2.26. The zero-order valence-electron chi connectivity index (χ0n) is 10.5. The van der Waals surface area contributed by atoms with Gasteiger partial charge in [-0.15, -0.1) is 0 Å². The molecule has 0 aliphatic carbocycles. The third kappa shape index (κ3) is 3.77. The highest BCUT2D eigenvalue weighted by Gasteiger charge is 2.21. The first-order valence-corrected chi connectivity index (χ1v) is 5.62. The quantitative estimate of drug-likeness (QED) is 0.845. The van der Waals surface area contributed by atoms with Crippen molar-refractivity contribution in [2.75, 3.05) is 6.61 Å². The Morgan fingerprint density at radius 3 is 2.62 bits per heavy atom. The minimum atomic E-state index is 0.0801. The Hall–Kier alpha value is -1.16. The van der Waals surface area contributed by atoms with Gasteiger partial charge in [-0.05, 0) is 12.3 Å². The Kier molecular flexibility index (Phi) is 4.24. The lowest BCUT2D eigenvalue weighted by Crippen LogP contribution is -2.37. The molecule has 0 aliphatic rings. The van der Waals surface area contributed by atoms with E-state index in [1.807, 2.05) is 13.0 Å². The van der Waals surface area contributed by atoms with Crippen molar-refractivity contribution in [3.8, 4) is 5.88 Å². The first kappa shape index (κ1) is 12.9. The third-order valence-electron chi connectivity index (χ3n) is 2.53. The molecule has 0 fully saturated rings. The summed E-state index contributed by atoms with van der Waals surface area (Å²) in [5, 5.41) is 0. The summed E-state index contributed by atoms with van der Waals surface area (Å²) in [6, 6.07) is 1.94. The molecular weight excluding hydrogens is 202 g/mol. The topological polar surface area (TPSA) is 61.0 Å².